The molecule has 3 nitrogen and oxygen atoms in total. The Morgan fingerprint density at radius 3 is 2.86 bits per heavy atom. The first kappa shape index (κ1) is 11.2. The summed E-state index contributed by atoms with van der Waals surface area (Å²) in [5.74, 6) is 0.167. The van der Waals surface area contributed by atoms with Crippen LogP contribution in [0.5, 0.6) is 0 Å². The van der Waals surface area contributed by atoms with Crippen LogP contribution in [0.4, 0.5) is 0 Å². The summed E-state index contributed by atoms with van der Waals surface area (Å²) in [5, 5.41) is 3.27. The fraction of sp³-hybridized carbons (Fsp3) is 0.727. The third-order valence-corrected chi connectivity index (χ3v) is 2.75. The summed E-state index contributed by atoms with van der Waals surface area (Å²) in [5.41, 5.74) is 0.863. The summed E-state index contributed by atoms with van der Waals surface area (Å²) in [4.78, 5) is 13.7. The van der Waals surface area contributed by atoms with Crippen molar-refractivity contribution in [3.8, 4) is 0 Å². The molecular weight excluding hydrogens is 176 g/mol. The standard InChI is InChI=1S/C11H20N2O/c1-4-5-9(2)11(14)13(3)10-6-7-12-8-10/h5,10,12H,4,6-8H2,1-3H3. The molecule has 1 N–H and O–H groups in total. The van der Waals surface area contributed by atoms with Crippen molar-refractivity contribution in [3.05, 3.63) is 11.6 Å². The number of carbonyl (C=O) groups is 1. The Morgan fingerprint density at radius 2 is 2.36 bits per heavy atom. The molecule has 0 aromatic carbocycles. The predicted octanol–water partition coefficient (Wildman–Crippen LogP) is 1.16. The first-order valence-corrected chi connectivity index (χ1v) is 5.31. The number of hydrogen-bond donors (Lipinski definition) is 1. The van der Waals surface area contributed by atoms with E-state index in [1.165, 1.54) is 0 Å². The van der Waals surface area contributed by atoms with Crippen LogP contribution >= 0.6 is 0 Å². The minimum Gasteiger partial charge on any atom is -0.338 e. The molecule has 0 aromatic rings. The maximum atomic E-state index is 11.8. The second-order valence-electron chi connectivity index (χ2n) is 3.86. The average Bonchev–Trinajstić information content (AvgIpc) is 2.68. The highest BCUT2D eigenvalue weighted by molar-refractivity contribution is 5.92. The van der Waals surface area contributed by atoms with E-state index in [0.29, 0.717) is 6.04 Å². The Kier molecular flexibility index (Phi) is 4.14. The number of nitrogens with one attached hydrogen (secondary N) is 1. The maximum absolute atomic E-state index is 11.8. The maximum Gasteiger partial charge on any atom is 0.249 e. The SMILES string of the molecule is CCC=C(C)C(=O)N(C)C1CCNC1. The normalized spacial score (nSPS) is 22.5. The smallest absolute Gasteiger partial charge is 0.249 e. The minimum absolute atomic E-state index is 0.167. The van der Waals surface area contributed by atoms with Crippen LogP contribution in [0.25, 0.3) is 0 Å². The lowest BCUT2D eigenvalue weighted by atomic mass is 10.1. The van der Waals surface area contributed by atoms with Crippen molar-refractivity contribution < 1.29 is 4.79 Å². The molecule has 0 saturated carbocycles. The van der Waals surface area contributed by atoms with Crippen LogP contribution in [-0.2, 0) is 4.79 Å². The summed E-state index contributed by atoms with van der Waals surface area (Å²) in [7, 11) is 1.90. The van der Waals surface area contributed by atoms with Crippen LogP contribution in [0.2, 0.25) is 0 Å². The topological polar surface area (TPSA) is 32.3 Å². The van der Waals surface area contributed by atoms with E-state index in [-0.39, 0.29) is 5.91 Å². The number of rotatable bonds is 3. The molecule has 1 heterocycles. The second kappa shape index (κ2) is 5.15. The molecule has 0 spiro atoms. The van der Waals surface area contributed by atoms with Crippen LogP contribution < -0.4 is 5.32 Å². The van der Waals surface area contributed by atoms with Gasteiger partial charge in [-0.05, 0) is 26.3 Å². The van der Waals surface area contributed by atoms with Crippen molar-refractivity contribution in [3.63, 3.8) is 0 Å². The lowest BCUT2D eigenvalue weighted by Crippen LogP contribution is -2.38. The molecular formula is C11H20N2O. The molecule has 1 fully saturated rings. The number of likely N-dealkylation sites (N-methyl/N-ethyl adjacent to an activating group) is 1. The third kappa shape index (κ3) is 2.58. The van der Waals surface area contributed by atoms with Crippen LogP contribution in [0.1, 0.15) is 26.7 Å². The zero-order valence-electron chi connectivity index (χ0n) is 9.34. The van der Waals surface area contributed by atoms with Crippen molar-refractivity contribution in [2.75, 3.05) is 20.1 Å². The number of nitrogens with zero attached hydrogens (tertiary/aromatic N) is 1. The molecule has 14 heavy (non-hydrogen) atoms. The Morgan fingerprint density at radius 1 is 1.64 bits per heavy atom. The van der Waals surface area contributed by atoms with Crippen molar-refractivity contribution in [2.24, 2.45) is 0 Å². The van der Waals surface area contributed by atoms with Gasteiger partial charge in [0.15, 0.2) is 0 Å². The monoisotopic (exact) mass is 196 g/mol. The molecule has 1 aliphatic rings. The van der Waals surface area contributed by atoms with Gasteiger partial charge in [-0.1, -0.05) is 13.0 Å². The van der Waals surface area contributed by atoms with E-state index < -0.39 is 0 Å². The number of hydrogen-bond acceptors (Lipinski definition) is 2. The first-order valence-electron chi connectivity index (χ1n) is 5.31. The highest BCUT2D eigenvalue weighted by atomic mass is 16.2. The second-order valence-corrected chi connectivity index (χ2v) is 3.86. The van der Waals surface area contributed by atoms with Gasteiger partial charge in [-0.25, -0.2) is 0 Å². The Labute approximate surface area is 86.2 Å². The van der Waals surface area contributed by atoms with Gasteiger partial charge >= 0.3 is 0 Å². The van der Waals surface area contributed by atoms with Gasteiger partial charge in [-0.15, -0.1) is 0 Å². The highest BCUT2D eigenvalue weighted by Gasteiger charge is 2.23. The van der Waals surface area contributed by atoms with E-state index in [1.807, 2.05) is 31.9 Å². The molecule has 1 rings (SSSR count). The van der Waals surface area contributed by atoms with Crippen molar-refractivity contribution in [1.82, 2.24) is 10.2 Å². The quantitative estimate of drug-likeness (QED) is 0.687. The van der Waals surface area contributed by atoms with Gasteiger partial charge < -0.3 is 10.2 Å². The third-order valence-electron chi connectivity index (χ3n) is 2.75. The van der Waals surface area contributed by atoms with Gasteiger partial charge in [-0.3, -0.25) is 4.79 Å². The van der Waals surface area contributed by atoms with Crippen LogP contribution in [-0.4, -0.2) is 37.0 Å². The van der Waals surface area contributed by atoms with Gasteiger partial charge in [0.2, 0.25) is 5.91 Å². The van der Waals surface area contributed by atoms with Crippen LogP contribution in [0.3, 0.4) is 0 Å². The summed E-state index contributed by atoms with van der Waals surface area (Å²) >= 11 is 0. The van der Waals surface area contributed by atoms with E-state index in [1.54, 1.807) is 0 Å². The predicted molar refractivity (Wildman–Crippen MR) is 58.1 cm³/mol. The molecule has 1 saturated heterocycles. The molecule has 0 aliphatic carbocycles. The Bertz CT molecular complexity index is 229. The number of allylic oxidation sites excluding steroid dienone is 1. The number of amides is 1. The zero-order valence-corrected chi connectivity index (χ0v) is 9.34. The minimum atomic E-state index is 0.167. The van der Waals surface area contributed by atoms with Gasteiger partial charge in [0, 0.05) is 25.2 Å². The molecule has 0 aromatic heterocycles. The molecule has 1 atom stereocenters. The summed E-state index contributed by atoms with van der Waals surface area (Å²) in [6, 6.07) is 0.378. The molecule has 1 amide bonds. The summed E-state index contributed by atoms with van der Waals surface area (Å²) < 4.78 is 0. The van der Waals surface area contributed by atoms with E-state index in [2.05, 4.69) is 5.32 Å². The fourth-order valence-electron chi connectivity index (χ4n) is 1.81. The Balaban J connectivity index is 2.54. The first-order chi connectivity index (χ1) is 6.66. The lowest BCUT2D eigenvalue weighted by molar-refractivity contribution is -0.127. The molecule has 80 valence electrons. The van der Waals surface area contributed by atoms with Gasteiger partial charge in [0.1, 0.15) is 0 Å². The molecule has 1 unspecified atom stereocenters. The van der Waals surface area contributed by atoms with E-state index in [9.17, 15) is 4.79 Å². The van der Waals surface area contributed by atoms with E-state index in [0.717, 1.165) is 31.5 Å². The van der Waals surface area contributed by atoms with Crippen molar-refractivity contribution in [1.29, 1.82) is 0 Å². The number of carbonyl (C=O) groups excluding carboxylic acids is 1. The van der Waals surface area contributed by atoms with Crippen LogP contribution in [0, 0.1) is 0 Å². The van der Waals surface area contributed by atoms with Gasteiger partial charge in [0.25, 0.3) is 0 Å². The van der Waals surface area contributed by atoms with Crippen LogP contribution in [0.15, 0.2) is 11.6 Å². The summed E-state index contributed by atoms with van der Waals surface area (Å²) in [6.45, 7) is 5.90. The van der Waals surface area contributed by atoms with Gasteiger partial charge in [-0.2, -0.15) is 0 Å². The fourth-order valence-corrected chi connectivity index (χ4v) is 1.81. The Hall–Kier alpha value is -0.830. The summed E-state index contributed by atoms with van der Waals surface area (Å²) in [6.07, 6.45) is 3.98. The lowest BCUT2D eigenvalue weighted by Gasteiger charge is -2.24. The largest absolute Gasteiger partial charge is 0.338 e. The van der Waals surface area contributed by atoms with E-state index in [4.69, 9.17) is 0 Å². The molecule has 3 heteroatoms. The molecule has 0 bridgehead atoms. The van der Waals surface area contributed by atoms with Crippen molar-refractivity contribution in [2.45, 2.75) is 32.7 Å². The molecule has 0 radical (unpaired) electrons. The zero-order chi connectivity index (χ0) is 10.6. The molecule has 1 aliphatic heterocycles. The highest BCUT2D eigenvalue weighted by Crippen LogP contribution is 2.10. The van der Waals surface area contributed by atoms with Crippen molar-refractivity contribution >= 4 is 5.91 Å². The van der Waals surface area contributed by atoms with E-state index >= 15 is 0 Å². The van der Waals surface area contributed by atoms with Gasteiger partial charge in [0.05, 0.1) is 0 Å². The average molecular weight is 196 g/mol.